The van der Waals surface area contributed by atoms with Crippen LogP contribution in [0.25, 0.3) is 54.6 Å². The van der Waals surface area contributed by atoms with Crippen LogP contribution >= 0.6 is 0 Å². The van der Waals surface area contributed by atoms with Crippen molar-refractivity contribution >= 4 is 49.4 Å². The molecule has 9 aromatic rings. The lowest BCUT2D eigenvalue weighted by Gasteiger charge is -2.34. The van der Waals surface area contributed by atoms with Gasteiger partial charge in [0.1, 0.15) is 0 Å². The first-order chi connectivity index (χ1) is 28.1. The molecule has 9 aromatic carbocycles. The van der Waals surface area contributed by atoms with E-state index < -0.39 is 5.41 Å². The standard InChI is InChI=1S/C57H47N/c1-55(2,3)36-27-31-38(32-28-36)58(39-33-29-37(30-34-39)56(4,5)6)51-35-48-52-45-22-10-7-17-40(45)41-18-8-11-23-46(41)54(52)57(53(48)47-24-12-9-21-44(47)51)49-25-15-13-19-42(49)43-20-14-16-26-50(43)57/h7-35H,1-6H3. The van der Waals surface area contributed by atoms with Crippen LogP contribution in [0.5, 0.6) is 0 Å². The second-order valence-corrected chi connectivity index (χ2v) is 18.5. The zero-order valence-corrected chi connectivity index (χ0v) is 34.2. The molecular weight excluding hydrogens is 699 g/mol. The normalized spacial score (nSPS) is 13.8. The molecule has 0 radical (unpaired) electrons. The first-order valence-electron chi connectivity index (χ1n) is 20.8. The summed E-state index contributed by atoms with van der Waals surface area (Å²) in [6.45, 7) is 13.7. The van der Waals surface area contributed by atoms with Crippen molar-refractivity contribution in [2.75, 3.05) is 4.90 Å². The smallest absolute Gasteiger partial charge is 0.0737 e. The van der Waals surface area contributed by atoms with Crippen molar-refractivity contribution < 1.29 is 0 Å². The Bertz CT molecular complexity index is 3010. The van der Waals surface area contributed by atoms with E-state index in [1.165, 1.54) is 93.6 Å². The topological polar surface area (TPSA) is 3.24 Å². The number of rotatable bonds is 3. The van der Waals surface area contributed by atoms with Crippen LogP contribution in [0, 0.1) is 0 Å². The maximum absolute atomic E-state index is 2.55. The summed E-state index contributed by atoms with van der Waals surface area (Å²) in [5, 5.41) is 7.73. The molecule has 0 aromatic heterocycles. The van der Waals surface area contributed by atoms with Gasteiger partial charge in [-0.15, -0.1) is 0 Å². The van der Waals surface area contributed by atoms with Gasteiger partial charge < -0.3 is 4.90 Å². The fraction of sp³-hybridized carbons (Fsp3) is 0.158. The van der Waals surface area contributed by atoms with Crippen molar-refractivity contribution in [3.63, 3.8) is 0 Å². The van der Waals surface area contributed by atoms with Crippen molar-refractivity contribution in [1.29, 1.82) is 0 Å². The molecule has 0 aliphatic heterocycles. The van der Waals surface area contributed by atoms with E-state index in [4.69, 9.17) is 0 Å². The van der Waals surface area contributed by atoms with Gasteiger partial charge in [0.2, 0.25) is 0 Å². The molecule has 0 atom stereocenters. The molecule has 0 saturated heterocycles. The summed E-state index contributed by atoms with van der Waals surface area (Å²) < 4.78 is 0. The Morgan fingerprint density at radius 1 is 0.362 bits per heavy atom. The van der Waals surface area contributed by atoms with Crippen molar-refractivity contribution in [3.05, 3.63) is 209 Å². The third-order valence-electron chi connectivity index (χ3n) is 13.2. The predicted molar refractivity (Wildman–Crippen MR) is 247 cm³/mol. The maximum Gasteiger partial charge on any atom is 0.0737 e. The number of fused-ring (bicyclic) bond motifs is 17. The van der Waals surface area contributed by atoms with E-state index in [1.54, 1.807) is 0 Å². The largest absolute Gasteiger partial charge is 0.310 e. The van der Waals surface area contributed by atoms with Gasteiger partial charge in [-0.2, -0.15) is 0 Å². The first kappa shape index (κ1) is 34.8. The van der Waals surface area contributed by atoms with Gasteiger partial charge in [-0.25, -0.2) is 0 Å². The van der Waals surface area contributed by atoms with Crippen LogP contribution < -0.4 is 4.90 Å². The Labute approximate surface area is 342 Å². The highest BCUT2D eigenvalue weighted by Crippen LogP contribution is 2.67. The molecule has 0 N–H and O–H groups in total. The van der Waals surface area contributed by atoms with Crippen LogP contribution in [0.4, 0.5) is 17.1 Å². The molecule has 280 valence electrons. The van der Waals surface area contributed by atoms with Gasteiger partial charge in [-0.1, -0.05) is 187 Å². The molecule has 0 saturated carbocycles. The van der Waals surface area contributed by atoms with Gasteiger partial charge in [-0.3, -0.25) is 0 Å². The molecule has 1 nitrogen and oxygen atoms in total. The highest BCUT2D eigenvalue weighted by Gasteiger charge is 2.54. The maximum atomic E-state index is 2.55. The first-order valence-corrected chi connectivity index (χ1v) is 20.8. The summed E-state index contributed by atoms with van der Waals surface area (Å²) in [4.78, 5) is 2.51. The summed E-state index contributed by atoms with van der Waals surface area (Å²) >= 11 is 0. The van der Waals surface area contributed by atoms with Crippen LogP contribution in [0.1, 0.15) is 74.9 Å². The minimum atomic E-state index is -0.521. The van der Waals surface area contributed by atoms with Crippen LogP contribution in [0.2, 0.25) is 0 Å². The lowest BCUT2D eigenvalue weighted by molar-refractivity contribution is 0.590. The van der Waals surface area contributed by atoms with Crippen LogP contribution in [-0.2, 0) is 16.2 Å². The molecule has 0 unspecified atom stereocenters. The Morgan fingerprint density at radius 3 is 1.26 bits per heavy atom. The Morgan fingerprint density at radius 2 is 0.759 bits per heavy atom. The fourth-order valence-corrected chi connectivity index (χ4v) is 10.5. The molecule has 2 aliphatic rings. The summed E-state index contributed by atoms with van der Waals surface area (Å²) in [6, 6.07) is 66.9. The van der Waals surface area contributed by atoms with Gasteiger partial charge in [0, 0.05) is 16.8 Å². The Hall–Kier alpha value is -6.44. The van der Waals surface area contributed by atoms with E-state index in [-0.39, 0.29) is 10.8 Å². The summed E-state index contributed by atoms with van der Waals surface area (Å²) in [7, 11) is 0. The number of anilines is 3. The third-order valence-corrected chi connectivity index (χ3v) is 13.2. The number of benzene rings is 9. The minimum absolute atomic E-state index is 0.0493. The van der Waals surface area contributed by atoms with Gasteiger partial charge in [0.15, 0.2) is 0 Å². The lowest BCUT2D eigenvalue weighted by atomic mass is 9.68. The SMILES string of the molecule is CC(C)(C)c1ccc(N(c2ccc(C(C)(C)C)cc2)c2cc3c(c4ccccc24)C2(c4ccccc4-c4ccccc42)c2c-3c3ccccc3c3ccccc23)cc1. The predicted octanol–water partition coefficient (Wildman–Crippen LogP) is 15.6. The third kappa shape index (κ3) is 4.77. The molecular formula is C57H47N. The summed E-state index contributed by atoms with van der Waals surface area (Å²) in [6.07, 6.45) is 0. The van der Waals surface area contributed by atoms with Gasteiger partial charge >= 0.3 is 0 Å². The van der Waals surface area contributed by atoms with Crippen molar-refractivity contribution in [1.82, 2.24) is 0 Å². The zero-order chi connectivity index (χ0) is 39.6. The van der Waals surface area contributed by atoms with Crippen LogP contribution in [0.15, 0.2) is 176 Å². The van der Waals surface area contributed by atoms with E-state index in [1.807, 2.05) is 0 Å². The molecule has 2 aliphatic carbocycles. The zero-order valence-electron chi connectivity index (χ0n) is 34.2. The summed E-state index contributed by atoms with van der Waals surface area (Å²) in [5.74, 6) is 0. The average molecular weight is 746 g/mol. The lowest BCUT2D eigenvalue weighted by Crippen LogP contribution is -2.26. The van der Waals surface area contributed by atoms with E-state index in [0.29, 0.717) is 0 Å². The van der Waals surface area contributed by atoms with Gasteiger partial charge in [0.25, 0.3) is 0 Å². The minimum Gasteiger partial charge on any atom is -0.310 e. The fourth-order valence-electron chi connectivity index (χ4n) is 10.5. The van der Waals surface area contributed by atoms with E-state index in [9.17, 15) is 0 Å². The molecule has 11 rings (SSSR count). The molecule has 58 heavy (non-hydrogen) atoms. The number of hydrogen-bond acceptors (Lipinski definition) is 1. The van der Waals surface area contributed by atoms with Crippen LogP contribution in [-0.4, -0.2) is 0 Å². The van der Waals surface area contributed by atoms with Crippen molar-refractivity contribution in [3.8, 4) is 22.3 Å². The quantitative estimate of drug-likeness (QED) is 0.163. The van der Waals surface area contributed by atoms with E-state index in [0.717, 1.165) is 11.4 Å². The summed E-state index contributed by atoms with van der Waals surface area (Å²) in [5.41, 5.74) is 16.5. The monoisotopic (exact) mass is 745 g/mol. The molecule has 0 bridgehead atoms. The molecule has 0 fully saturated rings. The molecule has 1 heteroatoms. The highest BCUT2D eigenvalue weighted by atomic mass is 15.1. The Kier molecular flexibility index (Phi) is 7.36. The second-order valence-electron chi connectivity index (χ2n) is 18.5. The van der Waals surface area contributed by atoms with Crippen molar-refractivity contribution in [2.24, 2.45) is 0 Å². The van der Waals surface area contributed by atoms with Crippen LogP contribution in [0.3, 0.4) is 0 Å². The Balaban J connectivity index is 1.32. The van der Waals surface area contributed by atoms with E-state index >= 15 is 0 Å². The molecule has 1 spiro atoms. The number of nitrogens with zero attached hydrogens (tertiary/aromatic N) is 1. The highest BCUT2D eigenvalue weighted by molar-refractivity contribution is 6.22. The average Bonchev–Trinajstić information content (AvgIpc) is 3.71. The second kappa shape index (κ2) is 12.3. The number of hydrogen-bond donors (Lipinski definition) is 0. The van der Waals surface area contributed by atoms with Gasteiger partial charge in [0.05, 0.1) is 11.1 Å². The van der Waals surface area contributed by atoms with Crippen molar-refractivity contribution in [2.45, 2.75) is 57.8 Å². The van der Waals surface area contributed by atoms with Gasteiger partial charge in [-0.05, 0) is 124 Å². The molecule has 0 amide bonds. The molecule has 0 heterocycles. The van der Waals surface area contributed by atoms with E-state index in [2.05, 4.69) is 222 Å².